The van der Waals surface area contributed by atoms with Crippen molar-refractivity contribution in [2.24, 2.45) is 5.92 Å². The van der Waals surface area contributed by atoms with E-state index in [4.69, 9.17) is 4.74 Å². The number of amides is 1. The number of benzene rings is 1. The predicted molar refractivity (Wildman–Crippen MR) is 142 cm³/mol. The van der Waals surface area contributed by atoms with Crippen molar-refractivity contribution in [3.63, 3.8) is 0 Å². The van der Waals surface area contributed by atoms with Crippen LogP contribution in [0.15, 0.2) is 54.3 Å². The van der Waals surface area contributed by atoms with Crippen LogP contribution in [0.4, 0.5) is 10.6 Å². The number of ether oxygens (including phenoxy) is 1. The van der Waals surface area contributed by atoms with Gasteiger partial charge in [0.15, 0.2) is 0 Å². The third kappa shape index (κ3) is 5.79. The van der Waals surface area contributed by atoms with E-state index in [9.17, 15) is 13.2 Å². The van der Waals surface area contributed by atoms with Gasteiger partial charge in [-0.3, -0.25) is 0 Å². The fourth-order valence-electron chi connectivity index (χ4n) is 5.34. The standard InChI is InChI=1S/C27H33N5O4S/c1-27(2,3)36-26(33)31-37(34,35)15-13-18-8-10-20(16-18)32-14-12-22-24(28-17-29-25(22)32)30-23-11-9-19-6-4-5-7-21(19)23/h4-7,12-15,17-18,20,23H,8-11,16H2,1-3H3,(H,31,33)(H,28,29,30)/b15-13+/t18?,20-,23-/m0/s1. The summed E-state index contributed by atoms with van der Waals surface area (Å²) in [6.45, 7) is 5.03. The summed E-state index contributed by atoms with van der Waals surface area (Å²) >= 11 is 0. The fraction of sp³-hybridized carbons (Fsp3) is 0.444. The average Bonchev–Trinajstić information content (AvgIpc) is 3.55. The Labute approximate surface area is 217 Å². The van der Waals surface area contributed by atoms with Crippen molar-refractivity contribution in [3.05, 3.63) is 65.5 Å². The van der Waals surface area contributed by atoms with E-state index in [-0.39, 0.29) is 18.0 Å². The van der Waals surface area contributed by atoms with Gasteiger partial charge in [-0.15, -0.1) is 0 Å². The maximum absolute atomic E-state index is 12.3. The molecule has 2 N–H and O–H groups in total. The zero-order valence-electron chi connectivity index (χ0n) is 21.3. The van der Waals surface area contributed by atoms with Gasteiger partial charge in [-0.25, -0.2) is 27.9 Å². The molecule has 0 radical (unpaired) electrons. The number of aryl methyl sites for hydroxylation is 1. The van der Waals surface area contributed by atoms with Crippen LogP contribution in [0.5, 0.6) is 0 Å². The Bertz CT molecular complexity index is 1440. The normalized spacial score (nSPS) is 21.9. The third-order valence-electron chi connectivity index (χ3n) is 6.95. The van der Waals surface area contributed by atoms with Gasteiger partial charge in [0.1, 0.15) is 23.4 Å². The van der Waals surface area contributed by atoms with Crippen LogP contribution in [0.1, 0.15) is 69.7 Å². The molecule has 37 heavy (non-hydrogen) atoms. The molecule has 2 aromatic heterocycles. The van der Waals surface area contributed by atoms with Crippen molar-refractivity contribution in [2.45, 2.75) is 70.6 Å². The highest BCUT2D eigenvalue weighted by Crippen LogP contribution is 2.39. The molecule has 1 aromatic carbocycles. The van der Waals surface area contributed by atoms with Gasteiger partial charge in [0.2, 0.25) is 0 Å². The molecule has 9 nitrogen and oxygen atoms in total. The van der Waals surface area contributed by atoms with E-state index in [1.165, 1.54) is 11.1 Å². The smallest absolute Gasteiger partial charge is 0.421 e. The molecule has 5 rings (SSSR count). The molecule has 1 amide bonds. The van der Waals surface area contributed by atoms with Crippen molar-refractivity contribution in [1.29, 1.82) is 0 Å². The van der Waals surface area contributed by atoms with Gasteiger partial charge in [-0.1, -0.05) is 30.3 Å². The molecule has 2 aliphatic carbocycles. The molecule has 3 aromatic rings. The largest absolute Gasteiger partial charge is 0.443 e. The first-order chi connectivity index (χ1) is 17.6. The van der Waals surface area contributed by atoms with Crippen LogP contribution in [-0.4, -0.2) is 34.6 Å². The van der Waals surface area contributed by atoms with Crippen molar-refractivity contribution in [1.82, 2.24) is 19.3 Å². The summed E-state index contributed by atoms with van der Waals surface area (Å²) in [6, 6.07) is 11.0. The van der Waals surface area contributed by atoms with Crippen molar-refractivity contribution in [2.75, 3.05) is 5.32 Å². The number of carbonyl (C=O) groups is 1. The quantitative estimate of drug-likeness (QED) is 0.454. The van der Waals surface area contributed by atoms with E-state index in [1.54, 1.807) is 33.2 Å². The van der Waals surface area contributed by atoms with Crippen molar-refractivity contribution in [3.8, 4) is 0 Å². The highest BCUT2D eigenvalue weighted by Gasteiger charge is 2.28. The van der Waals surface area contributed by atoms with Gasteiger partial charge in [-0.2, -0.15) is 0 Å². The Hall–Kier alpha value is -3.40. The highest BCUT2D eigenvalue weighted by molar-refractivity contribution is 7.92. The molecule has 1 fully saturated rings. The second-order valence-electron chi connectivity index (χ2n) is 10.8. The van der Waals surface area contributed by atoms with Gasteiger partial charge < -0.3 is 14.6 Å². The van der Waals surface area contributed by atoms with E-state index >= 15 is 0 Å². The zero-order chi connectivity index (χ0) is 26.2. The molecule has 10 heteroatoms. The number of aromatic nitrogens is 3. The van der Waals surface area contributed by atoms with E-state index in [0.29, 0.717) is 0 Å². The van der Waals surface area contributed by atoms with Crippen LogP contribution in [0.3, 0.4) is 0 Å². The van der Waals surface area contributed by atoms with Gasteiger partial charge in [0.25, 0.3) is 10.0 Å². The molecule has 0 aliphatic heterocycles. The average molecular weight is 524 g/mol. The van der Waals surface area contributed by atoms with E-state index < -0.39 is 21.7 Å². The summed E-state index contributed by atoms with van der Waals surface area (Å²) in [5.74, 6) is 0.909. The van der Waals surface area contributed by atoms with Crippen LogP contribution >= 0.6 is 0 Å². The van der Waals surface area contributed by atoms with Crippen LogP contribution < -0.4 is 10.0 Å². The molecular weight excluding hydrogens is 490 g/mol. The predicted octanol–water partition coefficient (Wildman–Crippen LogP) is 5.24. The van der Waals surface area contributed by atoms with E-state index in [2.05, 4.69) is 50.2 Å². The number of rotatable bonds is 6. The first-order valence-electron chi connectivity index (χ1n) is 12.7. The Morgan fingerprint density at radius 3 is 2.76 bits per heavy atom. The van der Waals surface area contributed by atoms with Gasteiger partial charge in [0.05, 0.1) is 11.4 Å². The number of fused-ring (bicyclic) bond motifs is 2. The molecule has 3 atom stereocenters. The maximum Gasteiger partial charge on any atom is 0.421 e. The van der Waals surface area contributed by atoms with E-state index in [0.717, 1.165) is 54.4 Å². The number of hydrogen-bond acceptors (Lipinski definition) is 7. The fourth-order valence-corrected chi connectivity index (χ4v) is 6.11. The number of nitrogens with zero attached hydrogens (tertiary/aromatic N) is 3. The number of carbonyl (C=O) groups excluding carboxylic acids is 1. The monoisotopic (exact) mass is 523 g/mol. The van der Waals surface area contributed by atoms with Crippen molar-refractivity contribution < 1.29 is 17.9 Å². The number of allylic oxidation sites excluding steroid dienone is 1. The molecule has 1 unspecified atom stereocenters. The van der Waals surface area contributed by atoms with E-state index in [1.807, 2.05) is 10.9 Å². The maximum atomic E-state index is 12.3. The molecule has 2 aliphatic rings. The topological polar surface area (TPSA) is 115 Å². The summed E-state index contributed by atoms with van der Waals surface area (Å²) in [7, 11) is -3.93. The molecule has 0 spiro atoms. The minimum Gasteiger partial charge on any atom is -0.443 e. The lowest BCUT2D eigenvalue weighted by Gasteiger charge is -2.19. The summed E-state index contributed by atoms with van der Waals surface area (Å²) in [4.78, 5) is 20.9. The Kier molecular flexibility index (Phi) is 6.70. The van der Waals surface area contributed by atoms with Crippen LogP contribution in [0.2, 0.25) is 0 Å². The lowest BCUT2D eigenvalue weighted by molar-refractivity contribution is 0.0571. The molecule has 0 saturated heterocycles. The minimum atomic E-state index is -3.93. The zero-order valence-corrected chi connectivity index (χ0v) is 22.2. The number of sulfonamides is 1. The first-order valence-corrected chi connectivity index (χ1v) is 14.2. The summed E-state index contributed by atoms with van der Waals surface area (Å²) in [5.41, 5.74) is 2.81. The highest BCUT2D eigenvalue weighted by atomic mass is 32.2. The molecule has 0 bridgehead atoms. The van der Waals surface area contributed by atoms with Gasteiger partial charge >= 0.3 is 6.09 Å². The van der Waals surface area contributed by atoms with Crippen LogP contribution in [-0.2, 0) is 21.2 Å². The minimum absolute atomic E-state index is 0.0760. The molecule has 196 valence electrons. The van der Waals surface area contributed by atoms with Crippen molar-refractivity contribution >= 4 is 33.0 Å². The van der Waals surface area contributed by atoms with Gasteiger partial charge in [0, 0.05) is 17.6 Å². The molecule has 1 saturated carbocycles. The second kappa shape index (κ2) is 9.81. The van der Waals surface area contributed by atoms with Crippen LogP contribution in [0.25, 0.3) is 11.0 Å². The van der Waals surface area contributed by atoms with Crippen LogP contribution in [0, 0.1) is 5.92 Å². The second-order valence-corrected chi connectivity index (χ2v) is 12.4. The first kappa shape index (κ1) is 25.3. The summed E-state index contributed by atoms with van der Waals surface area (Å²) < 4.78 is 33.7. The lowest BCUT2D eigenvalue weighted by atomic mass is 10.1. The Balaban J connectivity index is 1.25. The Morgan fingerprint density at radius 1 is 1.14 bits per heavy atom. The number of nitrogens with one attached hydrogen (secondary N) is 2. The van der Waals surface area contributed by atoms with Gasteiger partial charge in [-0.05, 0) is 76.0 Å². The summed E-state index contributed by atoms with van der Waals surface area (Å²) in [5, 5.41) is 5.68. The SMILES string of the molecule is CC(C)(C)OC(=O)NS(=O)(=O)/C=C/C1CC[C@H](n2ccc3c(N[C@H]4CCc5ccccc54)ncnc32)C1. The lowest BCUT2D eigenvalue weighted by Crippen LogP contribution is -2.35. The molecular formula is C27H33N5O4S. The third-order valence-corrected chi connectivity index (χ3v) is 7.91. The molecule has 2 heterocycles. The Morgan fingerprint density at radius 2 is 1.95 bits per heavy atom. The summed E-state index contributed by atoms with van der Waals surface area (Å²) in [6.07, 6.45) is 8.96. The number of anilines is 1. The number of hydrogen-bond donors (Lipinski definition) is 2.